The zero-order valence-corrected chi connectivity index (χ0v) is 9.84. The molecule has 1 aromatic carbocycles. The summed E-state index contributed by atoms with van der Waals surface area (Å²) in [5.74, 6) is 0. The van der Waals surface area contributed by atoms with Crippen LogP contribution in [0.5, 0.6) is 0 Å². The number of imidazole rings is 1. The van der Waals surface area contributed by atoms with Crippen LogP contribution in [0.2, 0.25) is 0 Å². The van der Waals surface area contributed by atoms with E-state index in [2.05, 4.69) is 22.4 Å². The molecular formula is C13H18N4. The molecule has 0 aliphatic carbocycles. The maximum absolute atomic E-state index is 5.48. The number of aromatic nitrogens is 2. The molecule has 0 bridgehead atoms. The van der Waals surface area contributed by atoms with Crippen LogP contribution in [-0.4, -0.2) is 16.1 Å². The summed E-state index contributed by atoms with van der Waals surface area (Å²) in [6.45, 7) is 3.12. The van der Waals surface area contributed by atoms with Gasteiger partial charge in [-0.2, -0.15) is 0 Å². The van der Waals surface area contributed by atoms with Gasteiger partial charge in [0, 0.05) is 32.4 Å². The summed E-state index contributed by atoms with van der Waals surface area (Å²) in [5, 5.41) is 3.37. The average Bonchev–Trinajstić information content (AvgIpc) is 2.79. The van der Waals surface area contributed by atoms with Crippen molar-refractivity contribution >= 4 is 0 Å². The zero-order chi connectivity index (χ0) is 11.9. The van der Waals surface area contributed by atoms with Gasteiger partial charge < -0.3 is 15.6 Å². The summed E-state index contributed by atoms with van der Waals surface area (Å²) >= 11 is 0. The fourth-order valence-electron chi connectivity index (χ4n) is 1.70. The molecule has 0 saturated heterocycles. The second-order valence-corrected chi connectivity index (χ2v) is 3.98. The molecule has 0 aliphatic heterocycles. The van der Waals surface area contributed by atoms with Gasteiger partial charge in [-0.25, -0.2) is 4.98 Å². The summed E-state index contributed by atoms with van der Waals surface area (Å²) in [5.41, 5.74) is 7.82. The molecule has 2 aromatic rings. The maximum atomic E-state index is 5.48. The van der Waals surface area contributed by atoms with Crippen molar-refractivity contribution in [2.24, 2.45) is 5.73 Å². The molecule has 0 amide bonds. The molecule has 0 aliphatic rings. The van der Waals surface area contributed by atoms with Crippen molar-refractivity contribution in [3.05, 3.63) is 54.1 Å². The largest absolute Gasteiger partial charge is 0.336 e. The Morgan fingerprint density at radius 3 is 2.76 bits per heavy atom. The molecule has 1 aromatic heterocycles. The first-order valence-corrected chi connectivity index (χ1v) is 5.84. The molecule has 4 nitrogen and oxygen atoms in total. The SMILES string of the molecule is NCCn1cnc(CNCc2ccccc2)c1. The van der Waals surface area contributed by atoms with Crippen LogP contribution < -0.4 is 11.1 Å². The number of hydrogen-bond donors (Lipinski definition) is 2. The van der Waals surface area contributed by atoms with Crippen molar-refractivity contribution in [1.29, 1.82) is 0 Å². The third-order valence-corrected chi connectivity index (χ3v) is 2.55. The fourth-order valence-corrected chi connectivity index (χ4v) is 1.70. The molecule has 17 heavy (non-hydrogen) atoms. The van der Waals surface area contributed by atoms with E-state index in [1.165, 1.54) is 5.56 Å². The van der Waals surface area contributed by atoms with E-state index in [9.17, 15) is 0 Å². The van der Waals surface area contributed by atoms with Gasteiger partial charge in [-0.05, 0) is 5.56 Å². The van der Waals surface area contributed by atoms with Crippen molar-refractivity contribution in [2.45, 2.75) is 19.6 Å². The van der Waals surface area contributed by atoms with E-state index in [-0.39, 0.29) is 0 Å². The lowest BCUT2D eigenvalue weighted by Crippen LogP contribution is -2.13. The highest BCUT2D eigenvalue weighted by atomic mass is 15.0. The number of nitrogens with one attached hydrogen (secondary N) is 1. The van der Waals surface area contributed by atoms with Crippen molar-refractivity contribution in [1.82, 2.24) is 14.9 Å². The molecule has 0 spiro atoms. The lowest BCUT2D eigenvalue weighted by Gasteiger charge is -2.02. The van der Waals surface area contributed by atoms with Gasteiger partial charge in [0.25, 0.3) is 0 Å². The van der Waals surface area contributed by atoms with Crippen LogP contribution >= 0.6 is 0 Å². The highest BCUT2D eigenvalue weighted by Gasteiger charge is 1.98. The summed E-state index contributed by atoms with van der Waals surface area (Å²) < 4.78 is 2.01. The summed E-state index contributed by atoms with van der Waals surface area (Å²) in [6.07, 6.45) is 3.86. The molecule has 0 fully saturated rings. The Hall–Kier alpha value is -1.65. The van der Waals surface area contributed by atoms with E-state index in [0.717, 1.165) is 25.3 Å². The van der Waals surface area contributed by atoms with Crippen LogP contribution in [0.25, 0.3) is 0 Å². The van der Waals surface area contributed by atoms with E-state index in [1.807, 2.05) is 35.3 Å². The van der Waals surface area contributed by atoms with Gasteiger partial charge in [-0.3, -0.25) is 0 Å². The van der Waals surface area contributed by atoms with Gasteiger partial charge >= 0.3 is 0 Å². The second kappa shape index (κ2) is 6.18. The number of benzene rings is 1. The predicted molar refractivity (Wildman–Crippen MR) is 68.3 cm³/mol. The van der Waals surface area contributed by atoms with Gasteiger partial charge in [0.1, 0.15) is 0 Å². The zero-order valence-electron chi connectivity index (χ0n) is 9.84. The smallest absolute Gasteiger partial charge is 0.0950 e. The second-order valence-electron chi connectivity index (χ2n) is 3.98. The van der Waals surface area contributed by atoms with Crippen LogP contribution in [0.3, 0.4) is 0 Å². The van der Waals surface area contributed by atoms with Crippen molar-refractivity contribution in [3.8, 4) is 0 Å². The molecule has 0 radical (unpaired) electrons. The van der Waals surface area contributed by atoms with E-state index >= 15 is 0 Å². The van der Waals surface area contributed by atoms with Crippen LogP contribution in [-0.2, 0) is 19.6 Å². The first kappa shape index (κ1) is 11.8. The van der Waals surface area contributed by atoms with Crippen molar-refractivity contribution < 1.29 is 0 Å². The van der Waals surface area contributed by atoms with E-state index in [1.54, 1.807) is 0 Å². The minimum absolute atomic E-state index is 0.646. The summed E-state index contributed by atoms with van der Waals surface area (Å²) in [6, 6.07) is 10.3. The molecule has 0 unspecified atom stereocenters. The first-order valence-electron chi connectivity index (χ1n) is 5.84. The van der Waals surface area contributed by atoms with Crippen molar-refractivity contribution in [2.75, 3.05) is 6.54 Å². The molecule has 0 saturated carbocycles. The Morgan fingerprint density at radius 1 is 1.18 bits per heavy atom. The van der Waals surface area contributed by atoms with Crippen LogP contribution in [0.15, 0.2) is 42.9 Å². The predicted octanol–water partition coefficient (Wildman–Crippen LogP) is 1.13. The lowest BCUT2D eigenvalue weighted by molar-refractivity contribution is 0.677. The Morgan fingerprint density at radius 2 is 2.00 bits per heavy atom. The Labute approximate surface area is 101 Å². The molecule has 3 N–H and O–H groups in total. The van der Waals surface area contributed by atoms with Gasteiger partial charge in [-0.1, -0.05) is 30.3 Å². The van der Waals surface area contributed by atoms with Crippen molar-refractivity contribution in [3.63, 3.8) is 0 Å². The Bertz CT molecular complexity index is 436. The number of rotatable bonds is 6. The first-order chi connectivity index (χ1) is 8.38. The minimum atomic E-state index is 0.646. The van der Waals surface area contributed by atoms with Crippen LogP contribution in [0.1, 0.15) is 11.3 Å². The van der Waals surface area contributed by atoms with Gasteiger partial charge in [0.05, 0.1) is 12.0 Å². The van der Waals surface area contributed by atoms with Crippen LogP contribution in [0.4, 0.5) is 0 Å². The molecule has 0 atom stereocenters. The monoisotopic (exact) mass is 230 g/mol. The van der Waals surface area contributed by atoms with E-state index < -0.39 is 0 Å². The fraction of sp³-hybridized carbons (Fsp3) is 0.308. The summed E-state index contributed by atoms with van der Waals surface area (Å²) in [7, 11) is 0. The topological polar surface area (TPSA) is 55.9 Å². The quantitative estimate of drug-likeness (QED) is 0.782. The molecular weight excluding hydrogens is 212 g/mol. The maximum Gasteiger partial charge on any atom is 0.0950 e. The molecule has 4 heteroatoms. The standard InChI is InChI=1S/C13H18N4/c14-6-7-17-10-13(16-11-17)9-15-8-12-4-2-1-3-5-12/h1-5,10-11,15H,6-9,14H2. The molecule has 2 rings (SSSR count). The third-order valence-electron chi connectivity index (χ3n) is 2.55. The average molecular weight is 230 g/mol. The normalized spacial score (nSPS) is 10.6. The molecule has 1 heterocycles. The summed E-state index contributed by atoms with van der Waals surface area (Å²) in [4.78, 5) is 4.31. The van der Waals surface area contributed by atoms with Gasteiger partial charge in [-0.15, -0.1) is 0 Å². The Kier molecular flexibility index (Phi) is 4.30. The van der Waals surface area contributed by atoms with Crippen LogP contribution in [0, 0.1) is 0 Å². The third kappa shape index (κ3) is 3.69. The minimum Gasteiger partial charge on any atom is -0.336 e. The number of hydrogen-bond acceptors (Lipinski definition) is 3. The van der Waals surface area contributed by atoms with Gasteiger partial charge in [0.2, 0.25) is 0 Å². The number of nitrogens with two attached hydrogens (primary N) is 1. The van der Waals surface area contributed by atoms with Gasteiger partial charge in [0.15, 0.2) is 0 Å². The van der Waals surface area contributed by atoms with E-state index in [0.29, 0.717) is 6.54 Å². The molecule has 90 valence electrons. The van der Waals surface area contributed by atoms with E-state index in [4.69, 9.17) is 5.73 Å². The highest BCUT2D eigenvalue weighted by molar-refractivity contribution is 5.14. The number of nitrogens with zero attached hydrogens (tertiary/aromatic N) is 2. The highest BCUT2D eigenvalue weighted by Crippen LogP contribution is 1.99. The lowest BCUT2D eigenvalue weighted by atomic mass is 10.2. The Balaban J connectivity index is 1.78.